The minimum absolute atomic E-state index is 0.0156. The van der Waals surface area contributed by atoms with Crippen molar-refractivity contribution in [1.82, 2.24) is 0 Å². The van der Waals surface area contributed by atoms with E-state index in [0.29, 0.717) is 0 Å². The molecule has 5 heteroatoms. The molecule has 2 aromatic rings. The molecule has 0 spiro atoms. The summed E-state index contributed by atoms with van der Waals surface area (Å²) in [5.41, 5.74) is 1.92. The van der Waals surface area contributed by atoms with Crippen LogP contribution >= 0.6 is 31.9 Å². The van der Waals surface area contributed by atoms with E-state index in [0.717, 1.165) is 15.7 Å². The maximum Gasteiger partial charge on any atom is 0.145 e. The molecule has 0 unspecified atom stereocenters. The zero-order chi connectivity index (χ0) is 14.0. The Kier molecular flexibility index (Phi) is 4.58. The normalized spacial score (nSPS) is 10.6. The summed E-state index contributed by atoms with van der Waals surface area (Å²) in [6.45, 7) is 2.06. The first kappa shape index (κ1) is 14.5. The fraction of sp³-hybridized carbons (Fsp3) is 0.143. The van der Waals surface area contributed by atoms with Crippen molar-refractivity contribution in [2.24, 2.45) is 0 Å². The van der Waals surface area contributed by atoms with E-state index in [9.17, 15) is 8.78 Å². The molecule has 0 aliphatic heterocycles. The van der Waals surface area contributed by atoms with Gasteiger partial charge in [-0.3, -0.25) is 0 Å². The van der Waals surface area contributed by atoms with E-state index in [4.69, 9.17) is 0 Å². The highest BCUT2D eigenvalue weighted by Crippen LogP contribution is 2.26. The lowest BCUT2D eigenvalue weighted by Gasteiger charge is -2.11. The van der Waals surface area contributed by atoms with E-state index in [2.05, 4.69) is 37.2 Å². The first-order valence-corrected chi connectivity index (χ1v) is 7.20. The van der Waals surface area contributed by atoms with Gasteiger partial charge in [0.05, 0.1) is 4.47 Å². The van der Waals surface area contributed by atoms with Gasteiger partial charge in [0.1, 0.15) is 11.6 Å². The van der Waals surface area contributed by atoms with E-state index in [1.807, 2.05) is 25.1 Å². The largest absolute Gasteiger partial charge is 0.380 e. The number of hydrogen-bond acceptors (Lipinski definition) is 1. The van der Waals surface area contributed by atoms with Gasteiger partial charge in [-0.15, -0.1) is 0 Å². The Morgan fingerprint density at radius 1 is 1.05 bits per heavy atom. The Hall–Kier alpha value is -0.940. The molecule has 0 heterocycles. The highest BCUT2D eigenvalue weighted by molar-refractivity contribution is 9.10. The van der Waals surface area contributed by atoms with Crippen LogP contribution in [0.1, 0.15) is 11.1 Å². The summed E-state index contributed by atoms with van der Waals surface area (Å²) in [4.78, 5) is 0. The van der Waals surface area contributed by atoms with Gasteiger partial charge in [0.2, 0.25) is 0 Å². The third-order valence-electron chi connectivity index (χ3n) is 2.72. The predicted molar refractivity (Wildman–Crippen MR) is 80.3 cm³/mol. The minimum Gasteiger partial charge on any atom is -0.380 e. The maximum absolute atomic E-state index is 13.8. The van der Waals surface area contributed by atoms with Crippen LogP contribution in [0.15, 0.2) is 39.3 Å². The zero-order valence-electron chi connectivity index (χ0n) is 10.1. The van der Waals surface area contributed by atoms with Gasteiger partial charge in [-0.1, -0.05) is 6.07 Å². The van der Waals surface area contributed by atoms with Crippen LogP contribution in [-0.2, 0) is 6.54 Å². The van der Waals surface area contributed by atoms with Gasteiger partial charge in [0.15, 0.2) is 0 Å². The summed E-state index contributed by atoms with van der Waals surface area (Å²) in [5, 5.41) is 3.02. The third-order valence-corrected chi connectivity index (χ3v) is 3.99. The molecule has 0 amide bonds. The molecule has 0 bridgehead atoms. The second kappa shape index (κ2) is 6.01. The average Bonchev–Trinajstić information content (AvgIpc) is 2.36. The molecule has 0 aliphatic carbocycles. The van der Waals surface area contributed by atoms with Gasteiger partial charge in [0.25, 0.3) is 0 Å². The second-order valence-electron chi connectivity index (χ2n) is 4.16. The van der Waals surface area contributed by atoms with Crippen LogP contribution in [0.5, 0.6) is 0 Å². The predicted octanol–water partition coefficient (Wildman–Crippen LogP) is 5.41. The van der Waals surface area contributed by atoms with Crippen molar-refractivity contribution in [1.29, 1.82) is 0 Å². The van der Waals surface area contributed by atoms with Crippen LogP contribution in [0.2, 0.25) is 0 Å². The molecular formula is C14H11Br2F2N. The smallest absolute Gasteiger partial charge is 0.145 e. The number of hydrogen-bond donors (Lipinski definition) is 1. The first-order valence-electron chi connectivity index (χ1n) is 5.61. The summed E-state index contributed by atoms with van der Waals surface area (Å²) in [6, 6.07) is 8.34. The molecule has 2 rings (SSSR count). The Morgan fingerprint density at radius 3 is 2.47 bits per heavy atom. The summed E-state index contributed by atoms with van der Waals surface area (Å²) in [7, 11) is 0. The zero-order valence-corrected chi connectivity index (χ0v) is 13.3. The van der Waals surface area contributed by atoms with Crippen molar-refractivity contribution in [2.45, 2.75) is 13.5 Å². The topological polar surface area (TPSA) is 12.0 Å². The molecule has 0 radical (unpaired) electrons. The van der Waals surface area contributed by atoms with E-state index in [1.165, 1.54) is 12.1 Å². The number of anilines is 1. The van der Waals surface area contributed by atoms with E-state index in [-0.39, 0.29) is 16.6 Å². The average molecular weight is 391 g/mol. The van der Waals surface area contributed by atoms with Crippen molar-refractivity contribution < 1.29 is 8.78 Å². The maximum atomic E-state index is 13.8. The third kappa shape index (κ3) is 3.34. The lowest BCUT2D eigenvalue weighted by Crippen LogP contribution is -2.05. The number of nitrogens with one attached hydrogen (secondary N) is 1. The molecule has 2 aromatic carbocycles. The van der Waals surface area contributed by atoms with Crippen LogP contribution in [0.25, 0.3) is 0 Å². The summed E-state index contributed by atoms with van der Waals surface area (Å²) in [5.74, 6) is -1.13. The van der Waals surface area contributed by atoms with Gasteiger partial charge in [-0.05, 0) is 68.6 Å². The highest BCUT2D eigenvalue weighted by atomic mass is 79.9. The Bertz CT molecular complexity index is 615. The number of benzene rings is 2. The van der Waals surface area contributed by atoms with Crippen molar-refractivity contribution in [3.63, 3.8) is 0 Å². The van der Waals surface area contributed by atoms with Gasteiger partial charge in [-0.25, -0.2) is 8.78 Å². The molecule has 0 saturated carbocycles. The van der Waals surface area contributed by atoms with Crippen LogP contribution in [0.3, 0.4) is 0 Å². The molecule has 100 valence electrons. The van der Waals surface area contributed by atoms with Gasteiger partial charge in [-0.2, -0.15) is 0 Å². The van der Waals surface area contributed by atoms with E-state index < -0.39 is 11.6 Å². The van der Waals surface area contributed by atoms with E-state index in [1.54, 1.807) is 0 Å². The second-order valence-corrected chi connectivity index (χ2v) is 5.87. The summed E-state index contributed by atoms with van der Waals surface area (Å²) >= 11 is 6.46. The Labute approximate surface area is 127 Å². The molecule has 1 nitrogen and oxygen atoms in total. The fourth-order valence-electron chi connectivity index (χ4n) is 1.68. The first-order chi connectivity index (χ1) is 8.99. The summed E-state index contributed by atoms with van der Waals surface area (Å²) in [6.07, 6.45) is 0. The highest BCUT2D eigenvalue weighted by Gasteiger charge is 2.12. The molecular weight excluding hydrogens is 380 g/mol. The van der Waals surface area contributed by atoms with Crippen molar-refractivity contribution >= 4 is 37.5 Å². The van der Waals surface area contributed by atoms with Crippen molar-refractivity contribution in [3.05, 3.63) is 62.0 Å². The molecule has 0 fully saturated rings. The molecule has 0 aromatic heterocycles. The summed E-state index contributed by atoms with van der Waals surface area (Å²) < 4.78 is 28.5. The molecule has 19 heavy (non-hydrogen) atoms. The fourth-order valence-corrected chi connectivity index (χ4v) is 2.68. The number of aryl methyl sites for hydroxylation is 1. The van der Waals surface area contributed by atoms with Crippen LogP contribution in [0, 0.1) is 18.6 Å². The Balaban J connectivity index is 2.21. The lowest BCUT2D eigenvalue weighted by atomic mass is 10.2. The number of halogens is 4. The quantitative estimate of drug-likeness (QED) is 0.691. The number of rotatable bonds is 3. The van der Waals surface area contributed by atoms with Crippen molar-refractivity contribution in [2.75, 3.05) is 5.32 Å². The van der Waals surface area contributed by atoms with Crippen LogP contribution in [0.4, 0.5) is 14.5 Å². The monoisotopic (exact) mass is 389 g/mol. The molecule has 1 N–H and O–H groups in total. The van der Waals surface area contributed by atoms with Gasteiger partial charge in [0, 0.05) is 22.3 Å². The van der Waals surface area contributed by atoms with Crippen molar-refractivity contribution in [3.8, 4) is 0 Å². The van der Waals surface area contributed by atoms with Gasteiger partial charge >= 0.3 is 0 Å². The Morgan fingerprint density at radius 2 is 1.79 bits per heavy atom. The van der Waals surface area contributed by atoms with Crippen LogP contribution < -0.4 is 5.32 Å². The molecule has 0 saturated heterocycles. The van der Waals surface area contributed by atoms with Crippen LogP contribution in [-0.4, -0.2) is 0 Å². The minimum atomic E-state index is -0.573. The molecule has 0 atom stereocenters. The SMILES string of the molecule is Cc1ccc(NCc2c(F)ccc(Br)c2F)c(Br)c1. The van der Waals surface area contributed by atoms with Gasteiger partial charge < -0.3 is 5.32 Å². The standard InChI is InChI=1S/C14H11Br2F2N/c1-8-2-5-13(11(16)6-8)19-7-9-12(17)4-3-10(15)14(9)18/h2-6,19H,7H2,1H3. The lowest BCUT2D eigenvalue weighted by molar-refractivity contribution is 0.555. The van der Waals surface area contributed by atoms with E-state index >= 15 is 0 Å². The molecule has 0 aliphatic rings.